The highest BCUT2D eigenvalue weighted by atomic mass is 35.5. The van der Waals surface area contributed by atoms with E-state index in [1.54, 1.807) is 19.1 Å². The first-order valence-corrected chi connectivity index (χ1v) is 6.28. The van der Waals surface area contributed by atoms with E-state index in [-0.39, 0.29) is 12.5 Å². The molecule has 0 spiro atoms. The van der Waals surface area contributed by atoms with E-state index in [9.17, 15) is 9.90 Å². The van der Waals surface area contributed by atoms with Crippen molar-refractivity contribution in [2.75, 3.05) is 25.0 Å². The summed E-state index contributed by atoms with van der Waals surface area (Å²) in [6.45, 7) is 4.44. The number of halogens is 1. The molecule has 0 saturated heterocycles. The maximum absolute atomic E-state index is 11.5. The minimum absolute atomic E-state index is 0.0317. The summed E-state index contributed by atoms with van der Waals surface area (Å²) in [5.41, 5.74) is 1.53. The second-order valence-electron chi connectivity index (χ2n) is 4.19. The SMILES string of the molecule is CCNC(=O)CN(C)c1ccc(C(C)O)c(Cl)c1. The number of hydrogen-bond donors (Lipinski definition) is 2. The van der Waals surface area contributed by atoms with Crippen LogP contribution in [0.25, 0.3) is 0 Å². The lowest BCUT2D eigenvalue weighted by molar-refractivity contribution is -0.119. The summed E-state index contributed by atoms with van der Waals surface area (Å²) >= 11 is 6.08. The van der Waals surface area contributed by atoms with Crippen LogP contribution in [0.5, 0.6) is 0 Å². The molecule has 1 aromatic rings. The fourth-order valence-corrected chi connectivity index (χ4v) is 1.98. The van der Waals surface area contributed by atoms with Crippen molar-refractivity contribution < 1.29 is 9.90 Å². The summed E-state index contributed by atoms with van der Waals surface area (Å²) < 4.78 is 0. The van der Waals surface area contributed by atoms with Crippen molar-refractivity contribution in [1.29, 1.82) is 0 Å². The topological polar surface area (TPSA) is 52.6 Å². The number of amides is 1. The van der Waals surface area contributed by atoms with E-state index in [2.05, 4.69) is 5.32 Å². The molecule has 4 nitrogen and oxygen atoms in total. The molecule has 2 N–H and O–H groups in total. The molecule has 1 unspecified atom stereocenters. The highest BCUT2D eigenvalue weighted by molar-refractivity contribution is 6.31. The Kier molecular flexibility index (Phi) is 5.44. The average molecular weight is 271 g/mol. The summed E-state index contributed by atoms with van der Waals surface area (Å²) in [5.74, 6) is -0.0317. The summed E-state index contributed by atoms with van der Waals surface area (Å²) in [6, 6.07) is 5.37. The standard InChI is InChI=1S/C13H19ClN2O2/c1-4-15-13(18)8-16(3)10-5-6-11(9(2)17)12(14)7-10/h5-7,9,17H,4,8H2,1-3H3,(H,15,18). The number of nitrogens with zero attached hydrogens (tertiary/aromatic N) is 1. The van der Waals surface area contributed by atoms with Gasteiger partial charge in [-0.05, 0) is 31.5 Å². The van der Waals surface area contributed by atoms with Gasteiger partial charge >= 0.3 is 0 Å². The van der Waals surface area contributed by atoms with Crippen LogP contribution in [-0.4, -0.2) is 31.2 Å². The summed E-state index contributed by atoms with van der Waals surface area (Å²) in [7, 11) is 1.82. The quantitative estimate of drug-likeness (QED) is 0.860. The van der Waals surface area contributed by atoms with Crippen LogP contribution in [0.3, 0.4) is 0 Å². The van der Waals surface area contributed by atoms with Crippen molar-refractivity contribution in [3.05, 3.63) is 28.8 Å². The van der Waals surface area contributed by atoms with Crippen LogP contribution in [0, 0.1) is 0 Å². The Morgan fingerprint density at radius 2 is 2.22 bits per heavy atom. The number of aliphatic hydroxyl groups is 1. The minimum Gasteiger partial charge on any atom is -0.389 e. The molecule has 0 aliphatic rings. The smallest absolute Gasteiger partial charge is 0.239 e. The molecule has 0 heterocycles. The first-order valence-electron chi connectivity index (χ1n) is 5.91. The van der Waals surface area contributed by atoms with Crippen molar-refractivity contribution >= 4 is 23.2 Å². The highest BCUT2D eigenvalue weighted by Gasteiger charge is 2.11. The fourth-order valence-electron chi connectivity index (χ4n) is 1.65. The number of anilines is 1. The Morgan fingerprint density at radius 3 is 2.72 bits per heavy atom. The van der Waals surface area contributed by atoms with Crippen LogP contribution in [0.4, 0.5) is 5.69 Å². The Bertz CT molecular complexity index is 421. The largest absolute Gasteiger partial charge is 0.389 e. The van der Waals surface area contributed by atoms with E-state index >= 15 is 0 Å². The maximum atomic E-state index is 11.5. The van der Waals surface area contributed by atoms with E-state index in [0.717, 1.165) is 5.69 Å². The number of rotatable bonds is 5. The van der Waals surface area contributed by atoms with Crippen molar-refractivity contribution in [1.82, 2.24) is 5.32 Å². The molecule has 0 fully saturated rings. The van der Waals surface area contributed by atoms with Crippen LogP contribution < -0.4 is 10.2 Å². The molecule has 0 radical (unpaired) electrons. The summed E-state index contributed by atoms with van der Waals surface area (Å²) in [4.78, 5) is 13.3. The Balaban J connectivity index is 2.78. The second kappa shape index (κ2) is 6.61. The Labute approximate surface area is 113 Å². The molecule has 1 aromatic carbocycles. The van der Waals surface area contributed by atoms with E-state index < -0.39 is 6.10 Å². The number of benzene rings is 1. The molecule has 0 aliphatic heterocycles. The van der Waals surface area contributed by atoms with Crippen molar-refractivity contribution in [3.8, 4) is 0 Å². The van der Waals surface area contributed by atoms with Gasteiger partial charge in [-0.15, -0.1) is 0 Å². The monoisotopic (exact) mass is 270 g/mol. The van der Waals surface area contributed by atoms with Gasteiger partial charge in [0.2, 0.25) is 5.91 Å². The molecule has 1 atom stereocenters. The molecular weight excluding hydrogens is 252 g/mol. The molecule has 100 valence electrons. The number of carbonyl (C=O) groups excluding carboxylic acids is 1. The third-order valence-electron chi connectivity index (χ3n) is 2.63. The number of hydrogen-bond acceptors (Lipinski definition) is 3. The predicted octanol–water partition coefficient (Wildman–Crippen LogP) is 1.97. The number of likely N-dealkylation sites (N-methyl/N-ethyl adjacent to an activating group) is 2. The molecule has 0 aromatic heterocycles. The Morgan fingerprint density at radius 1 is 1.56 bits per heavy atom. The van der Waals surface area contributed by atoms with Gasteiger partial charge in [-0.2, -0.15) is 0 Å². The second-order valence-corrected chi connectivity index (χ2v) is 4.60. The number of nitrogens with one attached hydrogen (secondary N) is 1. The molecule has 0 aliphatic carbocycles. The third kappa shape index (κ3) is 3.89. The predicted molar refractivity (Wildman–Crippen MR) is 74.0 cm³/mol. The van der Waals surface area contributed by atoms with Gasteiger partial charge in [0.05, 0.1) is 12.6 Å². The van der Waals surface area contributed by atoms with E-state index in [1.807, 2.05) is 24.9 Å². The molecule has 0 bridgehead atoms. The normalized spacial score (nSPS) is 12.1. The zero-order chi connectivity index (χ0) is 13.7. The van der Waals surface area contributed by atoms with Crippen LogP contribution in [0.1, 0.15) is 25.5 Å². The molecular formula is C13H19ClN2O2. The van der Waals surface area contributed by atoms with E-state index in [0.29, 0.717) is 17.1 Å². The molecule has 1 amide bonds. The lowest BCUT2D eigenvalue weighted by Crippen LogP contribution is -2.34. The molecule has 18 heavy (non-hydrogen) atoms. The van der Waals surface area contributed by atoms with E-state index in [1.165, 1.54) is 0 Å². The van der Waals surface area contributed by atoms with Crippen LogP contribution >= 0.6 is 11.6 Å². The zero-order valence-electron chi connectivity index (χ0n) is 10.9. The van der Waals surface area contributed by atoms with Crippen LogP contribution in [0.15, 0.2) is 18.2 Å². The minimum atomic E-state index is -0.597. The first kappa shape index (κ1) is 14.8. The van der Waals surface area contributed by atoms with Crippen molar-refractivity contribution in [2.45, 2.75) is 20.0 Å². The lowest BCUT2D eigenvalue weighted by Gasteiger charge is -2.20. The molecule has 5 heteroatoms. The maximum Gasteiger partial charge on any atom is 0.239 e. The summed E-state index contributed by atoms with van der Waals surface area (Å²) in [6.07, 6.45) is -0.597. The number of aliphatic hydroxyl groups excluding tert-OH is 1. The van der Waals surface area contributed by atoms with Crippen molar-refractivity contribution in [2.24, 2.45) is 0 Å². The number of carbonyl (C=O) groups is 1. The van der Waals surface area contributed by atoms with Gasteiger partial charge in [0.1, 0.15) is 0 Å². The van der Waals surface area contributed by atoms with Gasteiger partial charge < -0.3 is 15.3 Å². The van der Waals surface area contributed by atoms with E-state index in [4.69, 9.17) is 11.6 Å². The van der Waals surface area contributed by atoms with Gasteiger partial charge in [0.15, 0.2) is 0 Å². The van der Waals surface area contributed by atoms with Gasteiger partial charge in [-0.3, -0.25) is 4.79 Å². The van der Waals surface area contributed by atoms with Crippen LogP contribution in [-0.2, 0) is 4.79 Å². The average Bonchev–Trinajstić information content (AvgIpc) is 2.28. The third-order valence-corrected chi connectivity index (χ3v) is 2.96. The lowest BCUT2D eigenvalue weighted by atomic mass is 10.1. The zero-order valence-corrected chi connectivity index (χ0v) is 11.7. The summed E-state index contributed by atoms with van der Waals surface area (Å²) in [5, 5.41) is 12.7. The molecule has 1 rings (SSSR count). The highest BCUT2D eigenvalue weighted by Crippen LogP contribution is 2.27. The van der Waals surface area contributed by atoms with Gasteiger partial charge in [-0.25, -0.2) is 0 Å². The van der Waals surface area contributed by atoms with Crippen LogP contribution in [0.2, 0.25) is 5.02 Å². The van der Waals surface area contributed by atoms with Gasteiger partial charge in [-0.1, -0.05) is 17.7 Å². The first-order chi connectivity index (χ1) is 8.45. The molecule has 0 saturated carbocycles. The van der Waals surface area contributed by atoms with Gasteiger partial charge in [0.25, 0.3) is 0 Å². The van der Waals surface area contributed by atoms with Gasteiger partial charge in [0, 0.05) is 24.3 Å². The fraction of sp³-hybridized carbons (Fsp3) is 0.462. The Hall–Kier alpha value is -1.26. The van der Waals surface area contributed by atoms with Crippen molar-refractivity contribution in [3.63, 3.8) is 0 Å².